The summed E-state index contributed by atoms with van der Waals surface area (Å²) in [6, 6.07) is 23.4. The number of carboxylic acid groups (broad SMARTS) is 1. The van der Waals surface area contributed by atoms with Crippen LogP contribution in [-0.2, 0) is 17.8 Å². The summed E-state index contributed by atoms with van der Waals surface area (Å²) in [6.45, 7) is 4.13. The van der Waals surface area contributed by atoms with E-state index in [0.717, 1.165) is 67.4 Å². The van der Waals surface area contributed by atoms with E-state index in [-0.39, 0.29) is 11.7 Å². The summed E-state index contributed by atoms with van der Waals surface area (Å²) in [5.41, 5.74) is 3.26. The number of carboxylic acids is 1. The average Bonchev–Trinajstić information content (AvgIpc) is 3.46. The van der Waals surface area contributed by atoms with E-state index in [1.54, 1.807) is 12.1 Å². The van der Waals surface area contributed by atoms with Crippen LogP contribution in [0.25, 0.3) is 11.0 Å². The van der Waals surface area contributed by atoms with Crippen molar-refractivity contribution in [1.82, 2.24) is 14.5 Å². The van der Waals surface area contributed by atoms with E-state index in [1.165, 1.54) is 5.56 Å². The third-order valence-electron chi connectivity index (χ3n) is 7.20. The molecule has 1 unspecified atom stereocenters. The molecule has 0 aliphatic carbocycles. The van der Waals surface area contributed by atoms with Crippen molar-refractivity contribution in [3.05, 3.63) is 89.7 Å². The van der Waals surface area contributed by atoms with Gasteiger partial charge >= 0.3 is 5.97 Å². The summed E-state index contributed by atoms with van der Waals surface area (Å²) in [6.07, 6.45) is 2.25. The first-order valence-corrected chi connectivity index (χ1v) is 12.5. The number of hydrogen-bond acceptors (Lipinski definition) is 5. The second-order valence-corrected chi connectivity index (χ2v) is 9.64. The summed E-state index contributed by atoms with van der Waals surface area (Å²) < 4.78 is 13.9. The van der Waals surface area contributed by atoms with Crippen LogP contribution in [0.1, 0.15) is 40.5 Å². The molecule has 184 valence electrons. The number of aromatic nitrogens is 2. The minimum atomic E-state index is -0.924. The SMILES string of the molecule is O=C(O)c1ccc2nc(CN3CCC(c4cccc(Oc5ccccc5)c4)C3)n(C[C@@H]3CCO3)c2c1. The molecule has 0 saturated carbocycles. The lowest BCUT2D eigenvalue weighted by Crippen LogP contribution is -2.32. The van der Waals surface area contributed by atoms with Crippen LogP contribution >= 0.6 is 0 Å². The van der Waals surface area contributed by atoms with Crippen molar-refractivity contribution < 1.29 is 19.4 Å². The Kier molecular flexibility index (Phi) is 6.17. The molecule has 7 nitrogen and oxygen atoms in total. The van der Waals surface area contributed by atoms with Gasteiger partial charge in [0.25, 0.3) is 0 Å². The smallest absolute Gasteiger partial charge is 0.335 e. The number of hydrogen-bond donors (Lipinski definition) is 1. The van der Waals surface area contributed by atoms with Gasteiger partial charge in [0.05, 0.1) is 35.8 Å². The zero-order chi connectivity index (χ0) is 24.5. The van der Waals surface area contributed by atoms with Crippen LogP contribution in [0.4, 0.5) is 0 Å². The summed E-state index contributed by atoms with van der Waals surface area (Å²) >= 11 is 0. The van der Waals surface area contributed by atoms with Gasteiger partial charge in [-0.25, -0.2) is 9.78 Å². The molecule has 2 saturated heterocycles. The number of carbonyl (C=O) groups is 1. The molecule has 3 aromatic carbocycles. The van der Waals surface area contributed by atoms with Crippen molar-refractivity contribution in [2.45, 2.75) is 38.0 Å². The molecule has 6 rings (SSSR count). The van der Waals surface area contributed by atoms with Crippen molar-refractivity contribution in [1.29, 1.82) is 0 Å². The van der Waals surface area contributed by atoms with Gasteiger partial charge in [0.2, 0.25) is 0 Å². The van der Waals surface area contributed by atoms with Crippen LogP contribution in [0.15, 0.2) is 72.8 Å². The molecule has 0 radical (unpaired) electrons. The van der Waals surface area contributed by atoms with Gasteiger partial charge in [-0.3, -0.25) is 4.90 Å². The highest BCUT2D eigenvalue weighted by Gasteiger charge is 2.27. The van der Waals surface area contributed by atoms with E-state index < -0.39 is 5.97 Å². The Bertz CT molecular complexity index is 1380. The Labute approximate surface area is 209 Å². The lowest BCUT2D eigenvalue weighted by Gasteiger charge is -2.28. The number of likely N-dealkylation sites (tertiary alicyclic amines) is 1. The standard InChI is InChI=1S/C29H29N3O4/c33-29(34)21-9-10-26-27(16-21)32(18-25-12-14-35-25)28(30-26)19-31-13-11-22(17-31)20-5-4-8-24(15-20)36-23-6-2-1-3-7-23/h1-10,15-16,22,25H,11-14,17-19H2,(H,33,34)/t22?,25-/m0/s1. The maximum Gasteiger partial charge on any atom is 0.335 e. The van der Waals surface area contributed by atoms with Gasteiger partial charge < -0.3 is 19.1 Å². The number of rotatable bonds is 8. The summed E-state index contributed by atoms with van der Waals surface area (Å²) in [5.74, 6) is 2.16. The molecule has 3 heterocycles. The van der Waals surface area contributed by atoms with Crippen LogP contribution in [0.2, 0.25) is 0 Å². The van der Waals surface area contributed by atoms with E-state index in [4.69, 9.17) is 14.5 Å². The number of benzene rings is 3. The van der Waals surface area contributed by atoms with Crippen LogP contribution in [-0.4, -0.2) is 51.3 Å². The summed E-state index contributed by atoms with van der Waals surface area (Å²) in [5, 5.41) is 9.48. The predicted molar refractivity (Wildman–Crippen MR) is 137 cm³/mol. The molecular weight excluding hydrogens is 454 g/mol. The van der Waals surface area contributed by atoms with Gasteiger partial charge in [-0.05, 0) is 73.3 Å². The van der Waals surface area contributed by atoms with Crippen molar-refractivity contribution in [2.75, 3.05) is 19.7 Å². The quantitative estimate of drug-likeness (QED) is 0.366. The molecule has 1 aromatic heterocycles. The maximum absolute atomic E-state index is 11.6. The number of aromatic carboxylic acids is 1. The number of ether oxygens (including phenoxy) is 2. The maximum atomic E-state index is 11.6. The lowest BCUT2D eigenvalue weighted by atomic mass is 9.98. The fourth-order valence-electron chi connectivity index (χ4n) is 5.17. The first kappa shape index (κ1) is 22.8. The Hall–Kier alpha value is -3.68. The number of nitrogens with zero attached hydrogens (tertiary/aromatic N) is 3. The average molecular weight is 484 g/mol. The number of fused-ring (bicyclic) bond motifs is 1. The normalized spacial score (nSPS) is 19.9. The Morgan fingerprint density at radius 3 is 2.64 bits per heavy atom. The van der Waals surface area contributed by atoms with Crippen molar-refractivity contribution in [3.63, 3.8) is 0 Å². The highest BCUT2D eigenvalue weighted by molar-refractivity contribution is 5.92. The minimum Gasteiger partial charge on any atom is -0.478 e. The van der Waals surface area contributed by atoms with Crippen LogP contribution in [0.3, 0.4) is 0 Å². The molecule has 36 heavy (non-hydrogen) atoms. The van der Waals surface area contributed by atoms with Gasteiger partial charge in [-0.15, -0.1) is 0 Å². The van der Waals surface area contributed by atoms with Gasteiger partial charge in [-0.1, -0.05) is 30.3 Å². The van der Waals surface area contributed by atoms with E-state index >= 15 is 0 Å². The lowest BCUT2D eigenvalue weighted by molar-refractivity contribution is -0.0591. The Balaban J connectivity index is 1.19. The molecule has 4 aromatic rings. The first-order chi connectivity index (χ1) is 17.6. The molecule has 7 heteroatoms. The fourth-order valence-corrected chi connectivity index (χ4v) is 5.17. The van der Waals surface area contributed by atoms with E-state index in [9.17, 15) is 9.90 Å². The predicted octanol–water partition coefficient (Wildman–Crippen LogP) is 5.31. The van der Waals surface area contributed by atoms with Crippen molar-refractivity contribution >= 4 is 17.0 Å². The zero-order valence-corrected chi connectivity index (χ0v) is 20.0. The molecule has 2 aliphatic rings. The molecule has 0 bridgehead atoms. The van der Waals surface area contributed by atoms with Gasteiger partial charge in [0.15, 0.2) is 0 Å². The highest BCUT2D eigenvalue weighted by atomic mass is 16.5. The van der Waals surface area contributed by atoms with Crippen LogP contribution in [0, 0.1) is 0 Å². The van der Waals surface area contributed by atoms with E-state index in [0.29, 0.717) is 12.5 Å². The summed E-state index contributed by atoms with van der Waals surface area (Å²) in [7, 11) is 0. The van der Waals surface area contributed by atoms with Gasteiger partial charge in [-0.2, -0.15) is 0 Å². The monoisotopic (exact) mass is 483 g/mol. The largest absolute Gasteiger partial charge is 0.478 e. The summed E-state index contributed by atoms with van der Waals surface area (Å²) in [4.78, 5) is 18.9. The third-order valence-corrected chi connectivity index (χ3v) is 7.20. The molecule has 2 aliphatic heterocycles. The van der Waals surface area contributed by atoms with E-state index in [2.05, 4.69) is 27.7 Å². The molecule has 2 atom stereocenters. The first-order valence-electron chi connectivity index (χ1n) is 12.5. The molecule has 2 fully saturated rings. The highest BCUT2D eigenvalue weighted by Crippen LogP contribution is 2.32. The minimum absolute atomic E-state index is 0.160. The van der Waals surface area contributed by atoms with Crippen LogP contribution in [0.5, 0.6) is 11.5 Å². The van der Waals surface area contributed by atoms with E-state index in [1.807, 2.05) is 42.5 Å². The Morgan fingerprint density at radius 1 is 1.03 bits per heavy atom. The van der Waals surface area contributed by atoms with Crippen LogP contribution < -0.4 is 4.74 Å². The van der Waals surface area contributed by atoms with Crippen molar-refractivity contribution in [2.24, 2.45) is 0 Å². The van der Waals surface area contributed by atoms with Crippen molar-refractivity contribution in [3.8, 4) is 11.5 Å². The van der Waals surface area contributed by atoms with Gasteiger partial charge in [0.1, 0.15) is 17.3 Å². The molecule has 0 amide bonds. The topological polar surface area (TPSA) is 76.8 Å². The Morgan fingerprint density at radius 2 is 1.86 bits per heavy atom. The molecular formula is C29H29N3O4. The molecule has 1 N–H and O–H groups in total. The zero-order valence-electron chi connectivity index (χ0n) is 20.0. The molecule has 0 spiro atoms. The fraction of sp³-hybridized carbons (Fsp3) is 0.310. The second-order valence-electron chi connectivity index (χ2n) is 9.64. The number of para-hydroxylation sites is 1. The number of imidazole rings is 1. The second kappa shape index (κ2) is 9.76. The third kappa shape index (κ3) is 4.72. The van der Waals surface area contributed by atoms with Gasteiger partial charge in [0, 0.05) is 13.2 Å².